The van der Waals surface area contributed by atoms with E-state index in [1.165, 1.54) is 0 Å². The summed E-state index contributed by atoms with van der Waals surface area (Å²) in [5.41, 5.74) is 7.15. The zero-order valence-corrected chi connectivity index (χ0v) is 30.3. The molecule has 9 heteroatoms. The molecule has 2 amide bonds. The van der Waals surface area contributed by atoms with Crippen LogP contribution in [0, 0.1) is 0 Å². The lowest BCUT2D eigenvalue weighted by Gasteiger charge is -2.45. The highest BCUT2D eigenvalue weighted by Gasteiger charge is 2.50. The van der Waals surface area contributed by atoms with Gasteiger partial charge in [0.2, 0.25) is 5.91 Å². The number of para-hydroxylation sites is 1. The lowest BCUT2D eigenvalue weighted by Crippen LogP contribution is -2.57. The van der Waals surface area contributed by atoms with Crippen LogP contribution in [-0.4, -0.2) is 59.8 Å². The summed E-state index contributed by atoms with van der Waals surface area (Å²) >= 11 is 0. The number of aliphatic hydroxyl groups is 1. The lowest BCUT2D eigenvalue weighted by atomic mass is 9.85. The number of amides is 2. The highest BCUT2D eigenvalue weighted by atomic mass is 16.7. The fourth-order valence-electron chi connectivity index (χ4n) is 8.03. The smallest absolute Gasteiger partial charge is 0.251 e. The van der Waals surface area contributed by atoms with Gasteiger partial charge in [0.05, 0.1) is 25.5 Å². The number of hydrogen-bond acceptors (Lipinski definition) is 7. The minimum atomic E-state index is -0.565. The molecule has 3 aliphatic rings. The molecule has 5 aromatic rings. The summed E-state index contributed by atoms with van der Waals surface area (Å²) in [6, 6.07) is 43.9. The van der Waals surface area contributed by atoms with Crippen LogP contribution in [0.2, 0.25) is 0 Å². The van der Waals surface area contributed by atoms with Crippen LogP contribution >= 0.6 is 0 Å². The molecule has 0 aliphatic carbocycles. The first kappa shape index (κ1) is 35.7. The van der Waals surface area contributed by atoms with E-state index in [1.54, 1.807) is 0 Å². The Morgan fingerprint density at radius 2 is 1.48 bits per heavy atom. The molecule has 3 aliphatic heterocycles. The molecule has 1 spiro atoms. The second-order valence-corrected chi connectivity index (χ2v) is 14.5. The number of aliphatic hydroxyl groups excluding tert-OH is 1. The number of rotatable bonds is 10. The lowest BCUT2D eigenvalue weighted by molar-refractivity contribution is -0.253. The maximum Gasteiger partial charge on any atom is 0.251 e. The van der Waals surface area contributed by atoms with Gasteiger partial charge in [-0.2, -0.15) is 0 Å². The average molecular weight is 723 g/mol. The number of carbonyl (C=O) groups excluding carboxylic acids is 2. The van der Waals surface area contributed by atoms with Crippen molar-refractivity contribution in [3.8, 4) is 11.1 Å². The van der Waals surface area contributed by atoms with E-state index in [0.717, 1.165) is 71.5 Å². The monoisotopic (exact) mass is 722 g/mol. The van der Waals surface area contributed by atoms with Crippen LogP contribution in [0.4, 0.5) is 5.69 Å². The Kier molecular flexibility index (Phi) is 10.6. The van der Waals surface area contributed by atoms with Crippen molar-refractivity contribution in [1.82, 2.24) is 15.5 Å². The van der Waals surface area contributed by atoms with Gasteiger partial charge in [0, 0.05) is 49.4 Å². The largest absolute Gasteiger partial charge is 0.392 e. The van der Waals surface area contributed by atoms with E-state index in [0.29, 0.717) is 25.2 Å². The SMILES string of the molecule is O=C(NCc1cccc(-c2ccc([C@H]3O[C@@H](CN4CCC5(CC4)C(=O)NCN5c4ccccc4)C[C@@H](c4ccc(CO)cc4)O3)cc2)c1)c1ccccc1. The van der Waals surface area contributed by atoms with E-state index in [9.17, 15) is 14.7 Å². The molecule has 3 heterocycles. The molecule has 9 nitrogen and oxygen atoms in total. The number of likely N-dealkylation sites (tertiary alicyclic amines) is 1. The van der Waals surface area contributed by atoms with Gasteiger partial charge in [0.1, 0.15) is 5.54 Å². The van der Waals surface area contributed by atoms with Crippen molar-refractivity contribution >= 4 is 17.5 Å². The summed E-state index contributed by atoms with van der Waals surface area (Å²) in [4.78, 5) is 30.5. The minimum Gasteiger partial charge on any atom is -0.392 e. The van der Waals surface area contributed by atoms with Gasteiger partial charge in [-0.1, -0.05) is 103 Å². The van der Waals surface area contributed by atoms with Crippen molar-refractivity contribution in [2.45, 2.75) is 56.5 Å². The molecule has 276 valence electrons. The van der Waals surface area contributed by atoms with Crippen LogP contribution in [0.1, 0.15) is 64.3 Å². The average Bonchev–Trinajstić information content (AvgIpc) is 3.55. The summed E-state index contributed by atoms with van der Waals surface area (Å²) in [5, 5.41) is 15.8. The molecular formula is C45H46N4O5. The molecule has 0 aromatic heterocycles. The number of piperidine rings is 1. The van der Waals surface area contributed by atoms with Crippen molar-refractivity contribution in [2.75, 3.05) is 31.2 Å². The van der Waals surface area contributed by atoms with Crippen LogP contribution in [-0.2, 0) is 27.4 Å². The van der Waals surface area contributed by atoms with Gasteiger partial charge in [0.25, 0.3) is 5.91 Å². The quantitative estimate of drug-likeness (QED) is 0.147. The van der Waals surface area contributed by atoms with E-state index in [1.807, 2.05) is 84.9 Å². The van der Waals surface area contributed by atoms with Crippen molar-refractivity contribution in [2.24, 2.45) is 0 Å². The number of nitrogens with zero attached hydrogens (tertiary/aromatic N) is 2. The van der Waals surface area contributed by atoms with E-state index >= 15 is 0 Å². The highest BCUT2D eigenvalue weighted by Crippen LogP contribution is 2.40. The number of hydrogen-bond donors (Lipinski definition) is 3. The molecule has 0 unspecified atom stereocenters. The zero-order valence-electron chi connectivity index (χ0n) is 30.3. The molecule has 3 saturated heterocycles. The van der Waals surface area contributed by atoms with Gasteiger partial charge in [-0.05, 0) is 71.0 Å². The molecule has 3 atom stereocenters. The number of carbonyl (C=O) groups is 2. The zero-order chi connectivity index (χ0) is 36.9. The van der Waals surface area contributed by atoms with Crippen molar-refractivity contribution in [3.05, 3.63) is 161 Å². The van der Waals surface area contributed by atoms with Crippen LogP contribution in [0.25, 0.3) is 11.1 Å². The van der Waals surface area contributed by atoms with E-state index < -0.39 is 11.8 Å². The molecular weight excluding hydrogens is 677 g/mol. The summed E-state index contributed by atoms with van der Waals surface area (Å²) in [6.07, 6.45) is 1.34. The van der Waals surface area contributed by atoms with Crippen molar-refractivity contribution in [1.29, 1.82) is 0 Å². The van der Waals surface area contributed by atoms with Gasteiger partial charge in [-0.25, -0.2) is 0 Å². The molecule has 8 rings (SSSR count). The summed E-state index contributed by atoms with van der Waals surface area (Å²) in [7, 11) is 0. The topological polar surface area (TPSA) is 103 Å². The maximum atomic E-state index is 13.3. The third-order valence-electron chi connectivity index (χ3n) is 11.1. The highest BCUT2D eigenvalue weighted by molar-refractivity contribution is 5.94. The molecule has 0 saturated carbocycles. The molecule has 5 aromatic carbocycles. The summed E-state index contributed by atoms with van der Waals surface area (Å²) in [6.45, 7) is 3.28. The van der Waals surface area contributed by atoms with Gasteiger partial charge in [-0.3, -0.25) is 9.59 Å². The van der Waals surface area contributed by atoms with Gasteiger partial charge < -0.3 is 35.0 Å². The fraction of sp³-hybridized carbons (Fsp3) is 0.289. The van der Waals surface area contributed by atoms with Gasteiger partial charge >= 0.3 is 0 Å². The number of anilines is 1. The first-order valence-electron chi connectivity index (χ1n) is 18.8. The molecule has 3 fully saturated rings. The minimum absolute atomic E-state index is 0.00603. The second kappa shape index (κ2) is 16.0. The number of nitrogens with one attached hydrogen (secondary N) is 2. The standard InChI is InChI=1S/C45H46N4O5/c50-30-32-14-16-35(17-15-32)41-27-40(29-48-24-22-45(23-25-48)44(52)47-31-49(45)39-12-5-2-6-13-39)53-43(54-41)37-20-18-34(19-21-37)38-11-7-8-33(26-38)28-46-42(51)36-9-3-1-4-10-36/h1-21,26,40-41,43,50H,22-25,27-31H2,(H,46,51)(H,47,52)/t40-,41+,43+/m1/s1. The number of benzene rings is 5. The Hall–Kier alpha value is -5.32. The van der Waals surface area contributed by atoms with E-state index in [4.69, 9.17) is 9.47 Å². The Labute approximate surface area is 316 Å². The molecule has 0 radical (unpaired) electrons. The summed E-state index contributed by atoms with van der Waals surface area (Å²) < 4.78 is 13.4. The van der Waals surface area contributed by atoms with Gasteiger partial charge in [0.15, 0.2) is 6.29 Å². The van der Waals surface area contributed by atoms with E-state index in [2.05, 4.69) is 69.0 Å². The van der Waals surface area contributed by atoms with Crippen molar-refractivity contribution < 1.29 is 24.2 Å². The van der Waals surface area contributed by atoms with E-state index in [-0.39, 0.29) is 30.6 Å². The first-order valence-corrected chi connectivity index (χ1v) is 18.8. The van der Waals surface area contributed by atoms with Gasteiger partial charge in [-0.15, -0.1) is 0 Å². The Morgan fingerprint density at radius 3 is 2.20 bits per heavy atom. The van der Waals surface area contributed by atoms with Crippen LogP contribution in [0.3, 0.4) is 0 Å². The number of ether oxygens (including phenoxy) is 2. The molecule has 54 heavy (non-hydrogen) atoms. The normalized spacial score (nSPS) is 21.2. The third kappa shape index (κ3) is 7.67. The van der Waals surface area contributed by atoms with Crippen molar-refractivity contribution in [3.63, 3.8) is 0 Å². The summed E-state index contributed by atoms with van der Waals surface area (Å²) in [5.74, 6) is 0.0173. The maximum absolute atomic E-state index is 13.3. The van der Waals surface area contributed by atoms with Crippen LogP contribution in [0.15, 0.2) is 133 Å². The first-order chi connectivity index (χ1) is 26.5. The predicted molar refractivity (Wildman–Crippen MR) is 208 cm³/mol. The Bertz CT molecular complexity index is 2030. The Morgan fingerprint density at radius 1 is 0.778 bits per heavy atom. The van der Waals surface area contributed by atoms with Crippen LogP contribution < -0.4 is 15.5 Å². The Balaban J connectivity index is 0.955. The molecule has 0 bridgehead atoms. The fourth-order valence-corrected chi connectivity index (χ4v) is 8.03. The molecule has 3 N–H and O–H groups in total. The van der Waals surface area contributed by atoms with Crippen LogP contribution in [0.5, 0.6) is 0 Å². The second-order valence-electron chi connectivity index (χ2n) is 14.5. The third-order valence-corrected chi connectivity index (χ3v) is 11.1. The predicted octanol–water partition coefficient (Wildman–Crippen LogP) is 6.75.